The van der Waals surface area contributed by atoms with Crippen LogP contribution in [0.4, 0.5) is 0 Å². The van der Waals surface area contributed by atoms with Gasteiger partial charge in [-0.1, -0.05) is 30.5 Å². The molecule has 1 heterocycles. The standard InChI is InChI=1S/C22H23ClN2O5/c1-30-16-8-6-7-13-19(16)25-20-14(10-11-15(23)18(20)21(13)28)22(29)24-12-5-3-2-4-9-17(26)27/h6-8,10-11H,2-5,9,12H2,1H3,(H,24,29)(H,25,28)(H,26,27). The molecule has 0 saturated carbocycles. The molecule has 3 rings (SSSR count). The summed E-state index contributed by atoms with van der Waals surface area (Å²) in [4.78, 5) is 39.5. The molecule has 30 heavy (non-hydrogen) atoms. The number of nitrogens with one attached hydrogen (secondary N) is 2. The van der Waals surface area contributed by atoms with Gasteiger partial charge in [0.1, 0.15) is 5.75 Å². The zero-order valence-electron chi connectivity index (χ0n) is 16.6. The van der Waals surface area contributed by atoms with Crippen molar-refractivity contribution in [2.75, 3.05) is 13.7 Å². The number of carbonyl (C=O) groups is 2. The Morgan fingerprint density at radius 3 is 2.60 bits per heavy atom. The Kier molecular flexibility index (Phi) is 6.95. The molecule has 0 bridgehead atoms. The van der Waals surface area contributed by atoms with Crippen molar-refractivity contribution >= 4 is 45.3 Å². The molecule has 0 aliphatic heterocycles. The number of para-hydroxylation sites is 1. The summed E-state index contributed by atoms with van der Waals surface area (Å²) in [5.74, 6) is -0.609. The fourth-order valence-electron chi connectivity index (χ4n) is 3.45. The molecule has 1 aromatic heterocycles. The van der Waals surface area contributed by atoms with Crippen LogP contribution in [0.15, 0.2) is 35.1 Å². The zero-order chi connectivity index (χ0) is 21.7. The molecule has 0 aliphatic carbocycles. The molecule has 8 heteroatoms. The van der Waals surface area contributed by atoms with E-state index in [1.807, 2.05) is 0 Å². The average Bonchev–Trinajstić information content (AvgIpc) is 2.72. The lowest BCUT2D eigenvalue weighted by atomic mass is 10.0. The minimum Gasteiger partial charge on any atom is -0.495 e. The summed E-state index contributed by atoms with van der Waals surface area (Å²) in [7, 11) is 1.51. The van der Waals surface area contributed by atoms with E-state index in [0.29, 0.717) is 40.7 Å². The Morgan fingerprint density at radius 2 is 1.87 bits per heavy atom. The molecule has 0 atom stereocenters. The first kappa shape index (κ1) is 21.6. The second-order valence-electron chi connectivity index (χ2n) is 7.00. The highest BCUT2D eigenvalue weighted by molar-refractivity contribution is 6.36. The number of fused-ring (bicyclic) bond motifs is 2. The summed E-state index contributed by atoms with van der Waals surface area (Å²) in [6.45, 7) is 0.456. The molecule has 0 spiro atoms. The SMILES string of the molecule is COc1cccc2c(=O)c3c(Cl)ccc(C(=O)NCCCCCCC(=O)O)c3[nH]c12. The van der Waals surface area contributed by atoms with Gasteiger partial charge in [-0.3, -0.25) is 14.4 Å². The lowest BCUT2D eigenvalue weighted by Crippen LogP contribution is -2.25. The van der Waals surface area contributed by atoms with Gasteiger partial charge in [0.25, 0.3) is 5.91 Å². The molecular weight excluding hydrogens is 408 g/mol. The highest BCUT2D eigenvalue weighted by atomic mass is 35.5. The Bertz CT molecular complexity index is 1160. The van der Waals surface area contributed by atoms with Gasteiger partial charge in [0, 0.05) is 18.4 Å². The molecular formula is C22H23ClN2O5. The van der Waals surface area contributed by atoms with Crippen LogP contribution in [0.3, 0.4) is 0 Å². The lowest BCUT2D eigenvalue weighted by molar-refractivity contribution is -0.137. The normalized spacial score (nSPS) is 11.0. The largest absolute Gasteiger partial charge is 0.495 e. The maximum absolute atomic E-state index is 13.0. The molecule has 3 N–H and O–H groups in total. The number of carbonyl (C=O) groups excluding carboxylic acids is 1. The van der Waals surface area contributed by atoms with Crippen LogP contribution < -0.4 is 15.5 Å². The number of rotatable bonds is 9. The van der Waals surface area contributed by atoms with Crippen molar-refractivity contribution < 1.29 is 19.4 Å². The van der Waals surface area contributed by atoms with Crippen molar-refractivity contribution in [1.29, 1.82) is 0 Å². The van der Waals surface area contributed by atoms with E-state index in [4.69, 9.17) is 21.4 Å². The second-order valence-corrected chi connectivity index (χ2v) is 7.40. The Balaban J connectivity index is 1.84. The van der Waals surface area contributed by atoms with Crippen molar-refractivity contribution in [3.8, 4) is 5.75 Å². The van der Waals surface area contributed by atoms with Crippen LogP contribution in [0, 0.1) is 0 Å². The van der Waals surface area contributed by atoms with Gasteiger partial charge in [-0.2, -0.15) is 0 Å². The molecule has 158 valence electrons. The summed E-state index contributed by atoms with van der Waals surface area (Å²) in [6.07, 6.45) is 3.15. The third-order valence-corrected chi connectivity index (χ3v) is 5.28. The maximum atomic E-state index is 13.0. The number of hydrogen-bond donors (Lipinski definition) is 3. The highest BCUT2D eigenvalue weighted by Gasteiger charge is 2.17. The van der Waals surface area contributed by atoms with Gasteiger partial charge in [-0.05, 0) is 37.1 Å². The number of ether oxygens (including phenoxy) is 1. The van der Waals surface area contributed by atoms with Gasteiger partial charge in [0.2, 0.25) is 0 Å². The van der Waals surface area contributed by atoms with Gasteiger partial charge < -0.3 is 20.1 Å². The number of pyridine rings is 1. The summed E-state index contributed by atoms with van der Waals surface area (Å²) in [5.41, 5.74) is 0.927. The van der Waals surface area contributed by atoms with E-state index in [9.17, 15) is 14.4 Å². The third kappa shape index (κ3) is 4.57. The number of halogens is 1. The zero-order valence-corrected chi connectivity index (χ0v) is 17.3. The molecule has 0 saturated heterocycles. The van der Waals surface area contributed by atoms with Crippen LogP contribution in [-0.2, 0) is 4.79 Å². The monoisotopic (exact) mass is 430 g/mol. The summed E-state index contributed by atoms with van der Waals surface area (Å²) in [5, 5.41) is 12.5. The van der Waals surface area contributed by atoms with E-state index >= 15 is 0 Å². The van der Waals surface area contributed by atoms with Crippen LogP contribution in [0.1, 0.15) is 42.5 Å². The van der Waals surface area contributed by atoms with Crippen LogP contribution >= 0.6 is 11.6 Å². The quantitative estimate of drug-likeness (QED) is 0.349. The Labute approximate surface area is 178 Å². The number of hydrogen-bond acceptors (Lipinski definition) is 4. The lowest BCUT2D eigenvalue weighted by Gasteiger charge is -2.12. The smallest absolute Gasteiger partial charge is 0.303 e. The molecule has 3 aromatic rings. The number of H-pyrrole nitrogens is 1. The van der Waals surface area contributed by atoms with Crippen molar-refractivity contribution in [3.05, 3.63) is 51.1 Å². The fraction of sp³-hybridized carbons (Fsp3) is 0.318. The Morgan fingerprint density at radius 1 is 1.10 bits per heavy atom. The second kappa shape index (κ2) is 9.63. The highest BCUT2D eigenvalue weighted by Crippen LogP contribution is 2.28. The average molecular weight is 431 g/mol. The van der Waals surface area contributed by atoms with Gasteiger partial charge in [0.05, 0.1) is 34.1 Å². The third-order valence-electron chi connectivity index (χ3n) is 4.97. The number of aromatic nitrogens is 1. The number of benzene rings is 2. The number of unbranched alkanes of at least 4 members (excludes halogenated alkanes) is 3. The van der Waals surface area contributed by atoms with E-state index in [1.54, 1.807) is 30.3 Å². The minimum atomic E-state index is -0.795. The fourth-order valence-corrected chi connectivity index (χ4v) is 3.69. The first-order valence-corrected chi connectivity index (χ1v) is 10.1. The van der Waals surface area contributed by atoms with Crippen molar-refractivity contribution in [3.63, 3.8) is 0 Å². The number of aromatic amines is 1. The summed E-state index contributed by atoms with van der Waals surface area (Å²) in [6, 6.07) is 8.28. The number of methoxy groups -OCH3 is 1. The van der Waals surface area contributed by atoms with Crippen molar-refractivity contribution in [1.82, 2.24) is 10.3 Å². The van der Waals surface area contributed by atoms with Crippen LogP contribution in [0.25, 0.3) is 21.8 Å². The van der Waals surface area contributed by atoms with Crippen LogP contribution in [-0.4, -0.2) is 35.6 Å². The molecule has 7 nitrogen and oxygen atoms in total. The summed E-state index contributed by atoms with van der Waals surface area (Å²) >= 11 is 6.29. The number of aliphatic carboxylic acids is 1. The van der Waals surface area contributed by atoms with E-state index in [2.05, 4.69) is 10.3 Å². The van der Waals surface area contributed by atoms with Crippen molar-refractivity contribution in [2.45, 2.75) is 32.1 Å². The Hall–Kier alpha value is -3.06. The molecule has 0 radical (unpaired) electrons. The predicted octanol–water partition coefficient (Wildman–Crippen LogP) is 4.11. The van der Waals surface area contributed by atoms with Gasteiger partial charge >= 0.3 is 5.97 Å². The molecule has 0 aliphatic rings. The summed E-state index contributed by atoms with van der Waals surface area (Å²) < 4.78 is 5.35. The van der Waals surface area contributed by atoms with Gasteiger partial charge in [-0.25, -0.2) is 0 Å². The molecule has 0 fully saturated rings. The van der Waals surface area contributed by atoms with E-state index < -0.39 is 5.97 Å². The van der Waals surface area contributed by atoms with Crippen molar-refractivity contribution in [2.24, 2.45) is 0 Å². The van der Waals surface area contributed by atoms with Crippen LogP contribution in [0.2, 0.25) is 5.02 Å². The first-order valence-electron chi connectivity index (χ1n) is 9.75. The van der Waals surface area contributed by atoms with Gasteiger partial charge in [-0.15, -0.1) is 0 Å². The minimum absolute atomic E-state index is 0.161. The number of carboxylic acid groups (broad SMARTS) is 1. The first-order chi connectivity index (χ1) is 14.4. The van der Waals surface area contributed by atoms with E-state index in [0.717, 1.165) is 19.3 Å². The molecule has 2 aromatic carbocycles. The molecule has 0 unspecified atom stereocenters. The van der Waals surface area contributed by atoms with Gasteiger partial charge in [0.15, 0.2) is 5.43 Å². The topological polar surface area (TPSA) is 108 Å². The number of amides is 1. The predicted molar refractivity (Wildman–Crippen MR) is 117 cm³/mol. The van der Waals surface area contributed by atoms with E-state index in [-0.39, 0.29) is 28.2 Å². The maximum Gasteiger partial charge on any atom is 0.303 e. The van der Waals surface area contributed by atoms with E-state index in [1.165, 1.54) is 7.11 Å². The molecule has 1 amide bonds. The van der Waals surface area contributed by atoms with Crippen LogP contribution in [0.5, 0.6) is 5.75 Å². The number of carboxylic acids is 1.